The summed E-state index contributed by atoms with van der Waals surface area (Å²) in [4.78, 5) is 37.4. The normalized spacial score (nSPS) is 18.4. The smallest absolute Gasteiger partial charge is 0.344 e. The van der Waals surface area contributed by atoms with Gasteiger partial charge in [0.25, 0.3) is 11.1 Å². The Morgan fingerprint density at radius 3 is 2.47 bits per heavy atom. The van der Waals surface area contributed by atoms with Crippen molar-refractivity contribution in [1.29, 1.82) is 0 Å². The summed E-state index contributed by atoms with van der Waals surface area (Å²) >= 11 is 1.00. The van der Waals surface area contributed by atoms with Crippen LogP contribution in [0.4, 0.5) is 4.79 Å². The Hall–Kier alpha value is -3.66. The van der Waals surface area contributed by atoms with Crippen molar-refractivity contribution in [2.45, 2.75) is 17.7 Å². The molecule has 0 spiro atoms. The van der Waals surface area contributed by atoms with E-state index >= 15 is 0 Å². The molecule has 1 aliphatic heterocycles. The second-order valence-corrected chi connectivity index (χ2v) is 7.55. The highest BCUT2D eigenvalue weighted by molar-refractivity contribution is 7.99. The lowest BCUT2D eigenvalue weighted by molar-refractivity contribution is -0.138. The van der Waals surface area contributed by atoms with Gasteiger partial charge in [-0.05, 0) is 24.6 Å². The van der Waals surface area contributed by atoms with Gasteiger partial charge in [-0.2, -0.15) is 5.01 Å². The first-order chi connectivity index (χ1) is 14.5. The molecule has 2 aromatic carbocycles. The van der Waals surface area contributed by atoms with E-state index in [1.165, 1.54) is 0 Å². The summed E-state index contributed by atoms with van der Waals surface area (Å²) in [5.41, 5.74) is 2.46. The Morgan fingerprint density at radius 1 is 1.10 bits per heavy atom. The highest BCUT2D eigenvalue weighted by Gasteiger charge is 2.49. The van der Waals surface area contributed by atoms with Crippen molar-refractivity contribution in [2.24, 2.45) is 0 Å². The lowest BCUT2D eigenvalue weighted by atomic mass is 9.92. The van der Waals surface area contributed by atoms with Gasteiger partial charge >= 0.3 is 6.03 Å². The molecule has 152 valence electrons. The molecule has 10 heteroatoms. The van der Waals surface area contributed by atoms with E-state index in [2.05, 4.69) is 20.9 Å². The van der Waals surface area contributed by atoms with Crippen LogP contribution in [0.15, 0.2) is 70.3 Å². The number of imide groups is 1. The molecule has 0 saturated carbocycles. The molecular formula is C20H17N5O4S. The number of aromatic nitrogens is 2. The van der Waals surface area contributed by atoms with E-state index < -0.39 is 23.4 Å². The molecule has 2 N–H and O–H groups in total. The average Bonchev–Trinajstić information content (AvgIpc) is 3.33. The lowest BCUT2D eigenvalue weighted by Gasteiger charge is -2.22. The zero-order valence-corrected chi connectivity index (χ0v) is 16.7. The van der Waals surface area contributed by atoms with Crippen molar-refractivity contribution in [1.82, 2.24) is 25.9 Å². The number of carbonyl (C=O) groups excluding carboxylic acids is 3. The van der Waals surface area contributed by atoms with Crippen LogP contribution in [0.3, 0.4) is 0 Å². The SMILES string of the molecule is C[C@]1(c2ccccc2)NC(=O)N(NC(=O)CSc2nnc(-c3ccccc3)o2)C1=O. The van der Waals surface area contributed by atoms with E-state index in [0.29, 0.717) is 16.5 Å². The Balaban J connectivity index is 1.37. The van der Waals surface area contributed by atoms with Crippen LogP contribution in [0.2, 0.25) is 0 Å². The molecule has 1 aromatic heterocycles. The number of carbonyl (C=O) groups is 3. The topological polar surface area (TPSA) is 117 Å². The minimum atomic E-state index is -1.25. The van der Waals surface area contributed by atoms with Gasteiger partial charge in [-0.15, -0.1) is 10.2 Å². The van der Waals surface area contributed by atoms with Crippen LogP contribution in [0.1, 0.15) is 12.5 Å². The number of hydrogen-bond donors (Lipinski definition) is 2. The molecule has 4 rings (SSSR count). The molecule has 0 radical (unpaired) electrons. The van der Waals surface area contributed by atoms with Gasteiger partial charge in [0, 0.05) is 5.56 Å². The van der Waals surface area contributed by atoms with Crippen molar-refractivity contribution < 1.29 is 18.8 Å². The summed E-state index contributed by atoms with van der Waals surface area (Å²) in [5.74, 6) is -0.900. The molecule has 9 nitrogen and oxygen atoms in total. The summed E-state index contributed by atoms with van der Waals surface area (Å²) in [7, 11) is 0. The third-order valence-electron chi connectivity index (χ3n) is 4.53. The van der Waals surface area contributed by atoms with Crippen LogP contribution in [0.25, 0.3) is 11.5 Å². The number of nitrogens with zero attached hydrogens (tertiary/aromatic N) is 3. The number of thioether (sulfide) groups is 1. The van der Waals surface area contributed by atoms with Crippen LogP contribution in [0.5, 0.6) is 0 Å². The van der Waals surface area contributed by atoms with Crippen molar-refractivity contribution in [3.05, 3.63) is 66.2 Å². The second-order valence-electron chi connectivity index (χ2n) is 6.62. The maximum absolute atomic E-state index is 12.8. The fourth-order valence-corrected chi connectivity index (χ4v) is 3.51. The number of hydrogen-bond acceptors (Lipinski definition) is 7. The molecule has 1 fully saturated rings. The number of amides is 4. The van der Waals surface area contributed by atoms with Crippen LogP contribution < -0.4 is 10.7 Å². The van der Waals surface area contributed by atoms with Crippen molar-refractivity contribution in [3.63, 3.8) is 0 Å². The molecule has 30 heavy (non-hydrogen) atoms. The molecule has 1 atom stereocenters. The fourth-order valence-electron chi connectivity index (χ4n) is 2.96. The average molecular weight is 423 g/mol. The third kappa shape index (κ3) is 3.77. The summed E-state index contributed by atoms with van der Waals surface area (Å²) in [6.45, 7) is 1.59. The summed E-state index contributed by atoms with van der Waals surface area (Å²) < 4.78 is 5.52. The highest BCUT2D eigenvalue weighted by atomic mass is 32.2. The molecule has 2 heterocycles. The summed E-state index contributed by atoms with van der Waals surface area (Å²) in [6, 6.07) is 17.4. The first kappa shape index (κ1) is 19.6. The lowest BCUT2D eigenvalue weighted by Crippen LogP contribution is -2.48. The molecule has 0 aliphatic carbocycles. The Bertz CT molecular complexity index is 1090. The second kappa shape index (κ2) is 7.99. The first-order valence-corrected chi connectivity index (χ1v) is 9.99. The van der Waals surface area contributed by atoms with E-state index in [1.54, 1.807) is 31.2 Å². The van der Waals surface area contributed by atoms with Gasteiger partial charge in [0.15, 0.2) is 0 Å². The Morgan fingerprint density at radius 2 is 1.77 bits per heavy atom. The first-order valence-electron chi connectivity index (χ1n) is 9.01. The van der Waals surface area contributed by atoms with Crippen molar-refractivity contribution in [2.75, 3.05) is 5.75 Å². The largest absolute Gasteiger partial charge is 0.411 e. The maximum atomic E-state index is 12.8. The number of benzene rings is 2. The molecule has 0 bridgehead atoms. The monoisotopic (exact) mass is 423 g/mol. The zero-order valence-electron chi connectivity index (χ0n) is 15.9. The van der Waals surface area contributed by atoms with Crippen molar-refractivity contribution in [3.8, 4) is 11.5 Å². The number of hydrazine groups is 1. The van der Waals surface area contributed by atoms with Crippen LogP contribution in [0, 0.1) is 0 Å². The molecular weight excluding hydrogens is 406 g/mol. The predicted octanol–water partition coefficient (Wildman–Crippen LogP) is 2.33. The Labute approximate surface area is 175 Å². The van der Waals surface area contributed by atoms with Crippen LogP contribution in [-0.2, 0) is 15.1 Å². The van der Waals surface area contributed by atoms with Gasteiger partial charge in [0.1, 0.15) is 5.54 Å². The molecule has 1 aliphatic rings. The number of rotatable bonds is 6. The highest BCUT2D eigenvalue weighted by Crippen LogP contribution is 2.28. The summed E-state index contributed by atoms with van der Waals surface area (Å²) in [6.07, 6.45) is 0. The van der Waals surface area contributed by atoms with Gasteiger partial charge in [0.05, 0.1) is 5.75 Å². The fraction of sp³-hybridized carbons (Fsp3) is 0.150. The minimum Gasteiger partial charge on any atom is -0.411 e. The predicted molar refractivity (Wildman–Crippen MR) is 108 cm³/mol. The molecule has 0 unspecified atom stereocenters. The standard InChI is InChI=1S/C20H17N5O4S/c1-20(14-10-6-3-7-11-14)17(27)25(18(28)21-20)24-15(26)12-30-19-23-22-16(29-19)13-8-4-2-5-9-13/h2-11H,12H2,1H3,(H,21,28)(H,24,26)/t20-/m1/s1. The van der Waals surface area contributed by atoms with E-state index in [9.17, 15) is 14.4 Å². The van der Waals surface area contributed by atoms with Gasteiger partial charge in [-0.1, -0.05) is 60.3 Å². The number of nitrogens with one attached hydrogen (secondary N) is 2. The van der Waals surface area contributed by atoms with Gasteiger partial charge in [-0.25, -0.2) is 4.79 Å². The maximum Gasteiger partial charge on any atom is 0.344 e. The molecule has 4 amide bonds. The Kier molecular flexibility index (Phi) is 5.23. The quantitative estimate of drug-likeness (QED) is 0.461. The van der Waals surface area contributed by atoms with Gasteiger partial charge in [0.2, 0.25) is 11.8 Å². The van der Waals surface area contributed by atoms with Gasteiger partial charge < -0.3 is 9.73 Å². The number of urea groups is 1. The van der Waals surface area contributed by atoms with Crippen LogP contribution >= 0.6 is 11.8 Å². The third-order valence-corrected chi connectivity index (χ3v) is 5.35. The minimum absolute atomic E-state index is 0.116. The van der Waals surface area contributed by atoms with E-state index in [-0.39, 0.29) is 11.0 Å². The van der Waals surface area contributed by atoms with E-state index in [1.807, 2.05) is 36.4 Å². The molecule has 1 saturated heterocycles. The molecule has 3 aromatic rings. The van der Waals surface area contributed by atoms with E-state index in [0.717, 1.165) is 17.3 Å². The van der Waals surface area contributed by atoms with E-state index in [4.69, 9.17) is 4.42 Å². The van der Waals surface area contributed by atoms with Crippen molar-refractivity contribution >= 4 is 29.6 Å². The zero-order chi connectivity index (χ0) is 21.1. The summed E-state index contributed by atoms with van der Waals surface area (Å²) in [5, 5.41) is 11.4. The van der Waals surface area contributed by atoms with Crippen LogP contribution in [-0.4, -0.2) is 38.8 Å². The van der Waals surface area contributed by atoms with Gasteiger partial charge in [-0.3, -0.25) is 15.0 Å².